The van der Waals surface area contributed by atoms with Crippen molar-refractivity contribution in [3.8, 4) is 0 Å². The Morgan fingerprint density at radius 1 is 0.603 bits per heavy atom. The first-order chi connectivity index (χ1) is 35.8. The average Bonchev–Trinajstić information content (AvgIpc) is 3.42. The van der Waals surface area contributed by atoms with Crippen LogP contribution in [0.15, 0.2) is 182 Å². The molecule has 14 nitrogen and oxygen atoms in total. The number of hydrogen-bond donors (Lipinski definition) is 2. The fourth-order valence-corrected chi connectivity index (χ4v) is 9.40. The van der Waals surface area contributed by atoms with Crippen LogP contribution < -0.4 is 5.32 Å². The van der Waals surface area contributed by atoms with Gasteiger partial charge in [0.25, 0.3) is 5.79 Å². The lowest BCUT2D eigenvalue weighted by molar-refractivity contribution is -0.402. The normalized spacial score (nSPS) is 25.5. The molecule has 2 N–H and O–H groups in total. The molecular weight excluding hydrogens is 931 g/mol. The molecule has 3 fully saturated rings. The third-order valence-corrected chi connectivity index (χ3v) is 13.0. The Bertz CT molecular complexity index is 2580. The Labute approximate surface area is 426 Å². The maximum Gasteiger partial charge on any atom is 0.367 e. The Morgan fingerprint density at radius 2 is 1.07 bits per heavy atom. The lowest BCUT2D eigenvalue weighted by Crippen LogP contribution is -2.74. The molecule has 0 radical (unpaired) electrons. The minimum absolute atomic E-state index is 0.00221. The van der Waals surface area contributed by atoms with E-state index in [4.69, 9.17) is 47.4 Å². The topological polar surface area (TPSA) is 159 Å². The van der Waals surface area contributed by atoms with Gasteiger partial charge in [0, 0.05) is 13.3 Å². The van der Waals surface area contributed by atoms with E-state index in [1.54, 1.807) is 0 Å². The van der Waals surface area contributed by atoms with Gasteiger partial charge in [-0.15, -0.1) is 0 Å². The van der Waals surface area contributed by atoms with Gasteiger partial charge >= 0.3 is 5.97 Å². The van der Waals surface area contributed by atoms with Gasteiger partial charge in [0.15, 0.2) is 12.4 Å². The van der Waals surface area contributed by atoms with Crippen molar-refractivity contribution >= 4 is 11.9 Å². The summed E-state index contributed by atoms with van der Waals surface area (Å²) in [5.41, 5.74) is 5.27. The predicted molar refractivity (Wildman–Crippen MR) is 268 cm³/mol. The number of carbonyl (C=O) groups is 2. The van der Waals surface area contributed by atoms with E-state index in [1.807, 2.05) is 182 Å². The van der Waals surface area contributed by atoms with Crippen LogP contribution in [-0.4, -0.2) is 97.1 Å². The third kappa shape index (κ3) is 13.9. The largest absolute Gasteiger partial charge is 0.453 e. The molecule has 0 bridgehead atoms. The van der Waals surface area contributed by atoms with E-state index in [-0.39, 0.29) is 59.3 Å². The highest BCUT2D eigenvalue weighted by Crippen LogP contribution is 2.44. The molecule has 11 atom stereocenters. The maximum atomic E-state index is 15.2. The fraction of sp³-hybridized carbons (Fsp3) is 0.356. The molecule has 14 heteroatoms. The highest BCUT2D eigenvalue weighted by molar-refractivity contribution is 5.79. The van der Waals surface area contributed by atoms with E-state index in [1.165, 1.54) is 6.92 Å². The van der Waals surface area contributed by atoms with Crippen LogP contribution in [0.3, 0.4) is 0 Å². The van der Waals surface area contributed by atoms with Crippen LogP contribution in [0, 0.1) is 0 Å². The highest BCUT2D eigenvalue weighted by atomic mass is 16.8. The Hall–Kier alpha value is -6.14. The quantitative estimate of drug-likeness (QED) is 0.0601. The number of aliphatic hydroxyl groups excluding tert-OH is 1. The minimum atomic E-state index is -2.22. The summed E-state index contributed by atoms with van der Waals surface area (Å²) in [6.07, 6.45) is -10.3. The van der Waals surface area contributed by atoms with Gasteiger partial charge in [0.2, 0.25) is 5.91 Å². The molecule has 3 saturated heterocycles. The van der Waals surface area contributed by atoms with Crippen molar-refractivity contribution in [1.82, 2.24) is 5.32 Å². The summed E-state index contributed by atoms with van der Waals surface area (Å²) < 4.78 is 66.8. The second kappa shape index (κ2) is 25.7. The zero-order valence-corrected chi connectivity index (χ0v) is 40.8. The van der Waals surface area contributed by atoms with Gasteiger partial charge in [0.1, 0.15) is 36.6 Å². The molecule has 6 aromatic rings. The van der Waals surface area contributed by atoms with Gasteiger partial charge in [-0.2, -0.15) is 0 Å². The molecule has 1 amide bonds. The van der Waals surface area contributed by atoms with E-state index in [0.29, 0.717) is 0 Å². The van der Waals surface area contributed by atoms with E-state index >= 15 is 4.79 Å². The van der Waals surface area contributed by atoms with E-state index in [0.717, 1.165) is 33.4 Å². The second-order valence-corrected chi connectivity index (χ2v) is 18.5. The number of nitrogens with one attached hydrogen (secondary N) is 1. The van der Waals surface area contributed by atoms with Gasteiger partial charge in [-0.3, -0.25) is 4.79 Å². The number of rotatable bonds is 23. The monoisotopic (exact) mass is 993 g/mol. The summed E-state index contributed by atoms with van der Waals surface area (Å²) in [5.74, 6) is -3.49. The molecular formula is C59H63NO13. The number of ether oxygens (including phenoxy) is 10. The predicted octanol–water partition coefficient (Wildman–Crippen LogP) is 7.78. The zero-order valence-electron chi connectivity index (χ0n) is 40.8. The van der Waals surface area contributed by atoms with Gasteiger partial charge in [-0.25, -0.2) is 4.79 Å². The zero-order chi connectivity index (χ0) is 50.2. The highest BCUT2D eigenvalue weighted by Gasteiger charge is 2.65. The first kappa shape index (κ1) is 51.7. The number of hydrogen-bond acceptors (Lipinski definition) is 13. The van der Waals surface area contributed by atoms with E-state index in [9.17, 15) is 9.90 Å². The summed E-state index contributed by atoms with van der Waals surface area (Å²) in [5, 5.41) is 15.4. The number of fused-ring (bicyclic) bond motifs is 1. The summed E-state index contributed by atoms with van der Waals surface area (Å²) in [7, 11) is 0. The molecule has 9 rings (SSSR count). The van der Waals surface area contributed by atoms with Crippen molar-refractivity contribution in [2.45, 2.75) is 120 Å². The molecule has 73 heavy (non-hydrogen) atoms. The standard InChI is InChI=1S/C59H63NO13/c1-41(61)60-51-49(66-35-44-24-12-4-13-25-44)32-59(72-54(51)52(67-36-45-26-14-5-15-27-45)48(62)39-64-33-42-20-8-2-9-21-42)58(63)71-53-50(40-65-34-43-22-10-3-11-23-43)70-57(69-38-47-30-18-7-19-31-47)56(55(53)73-59)68-37-46-28-16-6-17-29-46/h2-31,48-57,62H,32-40H2,1H3,(H,60,61)/t48-,49+,50-,51-,52-,53+,54-,55+,56-,57-,59-/m1/s1. The number of amides is 1. The summed E-state index contributed by atoms with van der Waals surface area (Å²) in [6, 6.07) is 56.7. The van der Waals surface area contributed by atoms with Crippen LogP contribution in [0.25, 0.3) is 0 Å². The van der Waals surface area contributed by atoms with Crippen molar-refractivity contribution in [3.05, 3.63) is 215 Å². The van der Waals surface area contributed by atoms with Crippen LogP contribution >= 0.6 is 0 Å². The second-order valence-electron chi connectivity index (χ2n) is 18.5. The van der Waals surface area contributed by atoms with Crippen LogP contribution in [0.1, 0.15) is 46.7 Å². The summed E-state index contributed by atoms with van der Waals surface area (Å²) in [6.45, 7) is 2.06. The number of benzene rings is 6. The lowest BCUT2D eigenvalue weighted by Gasteiger charge is -2.55. The third-order valence-electron chi connectivity index (χ3n) is 13.0. The fourth-order valence-electron chi connectivity index (χ4n) is 9.40. The molecule has 382 valence electrons. The van der Waals surface area contributed by atoms with Crippen molar-refractivity contribution in [2.75, 3.05) is 13.2 Å². The van der Waals surface area contributed by atoms with Crippen molar-refractivity contribution in [1.29, 1.82) is 0 Å². The Morgan fingerprint density at radius 3 is 1.59 bits per heavy atom. The van der Waals surface area contributed by atoms with Crippen molar-refractivity contribution < 1.29 is 62.1 Å². The molecule has 0 aliphatic carbocycles. The summed E-state index contributed by atoms with van der Waals surface area (Å²) in [4.78, 5) is 28.5. The van der Waals surface area contributed by atoms with Gasteiger partial charge in [-0.1, -0.05) is 182 Å². The van der Waals surface area contributed by atoms with E-state index < -0.39 is 78.8 Å². The Balaban J connectivity index is 1.09. The number of esters is 1. The van der Waals surface area contributed by atoms with Gasteiger partial charge in [0.05, 0.1) is 65.0 Å². The van der Waals surface area contributed by atoms with Crippen molar-refractivity contribution in [3.63, 3.8) is 0 Å². The molecule has 3 heterocycles. The number of aliphatic hydroxyl groups is 1. The molecule has 0 saturated carbocycles. The van der Waals surface area contributed by atoms with E-state index in [2.05, 4.69) is 5.32 Å². The number of carbonyl (C=O) groups excluding carboxylic acids is 2. The first-order valence-corrected chi connectivity index (χ1v) is 24.8. The van der Waals surface area contributed by atoms with Gasteiger partial charge in [-0.05, 0) is 33.4 Å². The smallest absolute Gasteiger partial charge is 0.367 e. The molecule has 3 aliphatic heterocycles. The van der Waals surface area contributed by atoms with Crippen LogP contribution in [0.5, 0.6) is 0 Å². The van der Waals surface area contributed by atoms with Crippen LogP contribution in [0.4, 0.5) is 0 Å². The maximum absolute atomic E-state index is 15.2. The first-order valence-electron chi connectivity index (χ1n) is 24.8. The van der Waals surface area contributed by atoms with Crippen molar-refractivity contribution in [2.24, 2.45) is 0 Å². The average molecular weight is 994 g/mol. The van der Waals surface area contributed by atoms with Gasteiger partial charge < -0.3 is 57.8 Å². The minimum Gasteiger partial charge on any atom is -0.453 e. The lowest BCUT2D eigenvalue weighted by atomic mass is 9.86. The van der Waals surface area contributed by atoms with Crippen LogP contribution in [-0.2, 0) is 96.6 Å². The Kier molecular flexibility index (Phi) is 18.2. The molecule has 0 unspecified atom stereocenters. The summed E-state index contributed by atoms with van der Waals surface area (Å²) >= 11 is 0. The SMILES string of the molecule is CC(=O)N[C@H]1[C@H]([C@H](OCc2ccccc2)[C@H](O)COCc2ccccc2)O[C@]2(C[C@@H]1OCc1ccccc1)O[C@H]1[C@@H](OC2=O)[C@@H](COCc2ccccc2)O[C@@H](OCc2ccccc2)[C@@H]1OCc1ccccc1. The molecule has 1 spiro atoms. The molecule has 6 aromatic carbocycles. The van der Waals surface area contributed by atoms with Crippen LogP contribution in [0.2, 0.25) is 0 Å². The molecule has 3 aliphatic rings. The molecule has 0 aromatic heterocycles.